The summed E-state index contributed by atoms with van der Waals surface area (Å²) in [5, 5.41) is 0. The molecular formula is C17H15FO. The number of carbonyl (C=O) groups is 1. The van der Waals surface area contributed by atoms with Crippen molar-refractivity contribution >= 4 is 5.78 Å². The molecule has 0 bridgehead atoms. The average Bonchev–Trinajstić information content (AvgIpc) is 2.37. The Bertz CT molecular complexity index is 614. The van der Waals surface area contributed by atoms with Gasteiger partial charge in [-0.25, -0.2) is 4.39 Å². The highest BCUT2D eigenvalue weighted by Crippen LogP contribution is 2.36. The standard InChI is InChI=1S/C17H15FO/c18-16-10-2-1-9-15(16)17(19)14-8-4-7-13(11-14)12-5-3-6-12/h1-2,4,7-12H,3,5-6H2. The molecule has 0 N–H and O–H groups in total. The first kappa shape index (κ1) is 12.1. The molecule has 1 aliphatic rings. The summed E-state index contributed by atoms with van der Waals surface area (Å²) >= 11 is 0. The lowest BCUT2D eigenvalue weighted by molar-refractivity contribution is 0.103. The average molecular weight is 254 g/mol. The topological polar surface area (TPSA) is 17.1 Å². The van der Waals surface area contributed by atoms with Gasteiger partial charge in [0.05, 0.1) is 5.56 Å². The zero-order chi connectivity index (χ0) is 13.2. The molecule has 0 aromatic heterocycles. The lowest BCUT2D eigenvalue weighted by Gasteiger charge is -2.26. The molecule has 0 unspecified atom stereocenters. The molecular weight excluding hydrogens is 239 g/mol. The molecule has 1 nitrogen and oxygen atoms in total. The first-order valence-electron chi connectivity index (χ1n) is 6.65. The molecule has 96 valence electrons. The van der Waals surface area contributed by atoms with Gasteiger partial charge in [-0.3, -0.25) is 4.79 Å². The number of hydrogen-bond acceptors (Lipinski definition) is 1. The van der Waals surface area contributed by atoms with E-state index in [1.54, 1.807) is 18.2 Å². The zero-order valence-corrected chi connectivity index (χ0v) is 10.6. The quantitative estimate of drug-likeness (QED) is 0.745. The summed E-state index contributed by atoms with van der Waals surface area (Å²) < 4.78 is 13.6. The van der Waals surface area contributed by atoms with Crippen LogP contribution in [0.4, 0.5) is 4.39 Å². The van der Waals surface area contributed by atoms with E-state index in [-0.39, 0.29) is 11.3 Å². The van der Waals surface area contributed by atoms with Crippen LogP contribution >= 0.6 is 0 Å². The van der Waals surface area contributed by atoms with Gasteiger partial charge in [0.25, 0.3) is 0 Å². The van der Waals surface area contributed by atoms with E-state index < -0.39 is 5.82 Å². The normalized spacial score (nSPS) is 15.0. The molecule has 0 radical (unpaired) electrons. The molecule has 0 spiro atoms. The molecule has 19 heavy (non-hydrogen) atoms. The number of halogens is 1. The maximum absolute atomic E-state index is 13.6. The summed E-state index contributed by atoms with van der Waals surface area (Å²) in [6.45, 7) is 0. The number of rotatable bonds is 3. The van der Waals surface area contributed by atoms with Crippen LogP contribution in [0.1, 0.15) is 46.7 Å². The Morgan fingerprint density at radius 3 is 2.53 bits per heavy atom. The molecule has 3 rings (SSSR count). The Balaban J connectivity index is 1.93. The second-order valence-electron chi connectivity index (χ2n) is 5.06. The minimum Gasteiger partial charge on any atom is -0.288 e. The SMILES string of the molecule is O=C(c1cccc(C2CCC2)c1)c1ccccc1F. The summed E-state index contributed by atoms with van der Waals surface area (Å²) in [6.07, 6.45) is 3.64. The Hall–Kier alpha value is -1.96. The van der Waals surface area contributed by atoms with Gasteiger partial charge < -0.3 is 0 Å². The summed E-state index contributed by atoms with van der Waals surface area (Å²) in [7, 11) is 0. The summed E-state index contributed by atoms with van der Waals surface area (Å²) in [5.74, 6) is -0.116. The van der Waals surface area contributed by atoms with Crippen molar-refractivity contribution in [2.45, 2.75) is 25.2 Å². The van der Waals surface area contributed by atoms with Crippen LogP contribution in [-0.2, 0) is 0 Å². The number of benzene rings is 2. The second-order valence-corrected chi connectivity index (χ2v) is 5.06. The highest BCUT2D eigenvalue weighted by atomic mass is 19.1. The Morgan fingerprint density at radius 1 is 1.05 bits per heavy atom. The van der Waals surface area contributed by atoms with E-state index in [4.69, 9.17) is 0 Å². The monoisotopic (exact) mass is 254 g/mol. The van der Waals surface area contributed by atoms with Crippen LogP contribution in [0, 0.1) is 5.82 Å². The van der Waals surface area contributed by atoms with Crippen molar-refractivity contribution in [2.75, 3.05) is 0 Å². The number of hydrogen-bond donors (Lipinski definition) is 0. The second kappa shape index (κ2) is 4.96. The van der Waals surface area contributed by atoms with Crippen molar-refractivity contribution in [3.05, 3.63) is 71.0 Å². The highest BCUT2D eigenvalue weighted by Gasteiger charge is 2.21. The van der Waals surface area contributed by atoms with Gasteiger partial charge in [-0.05, 0) is 42.5 Å². The fraction of sp³-hybridized carbons (Fsp3) is 0.235. The first-order valence-corrected chi connectivity index (χ1v) is 6.65. The maximum Gasteiger partial charge on any atom is 0.195 e. The van der Waals surface area contributed by atoms with Gasteiger partial charge in [0.15, 0.2) is 5.78 Å². The third-order valence-corrected chi connectivity index (χ3v) is 3.84. The van der Waals surface area contributed by atoms with E-state index in [0.717, 1.165) is 0 Å². The fourth-order valence-corrected chi connectivity index (χ4v) is 2.48. The van der Waals surface area contributed by atoms with Crippen LogP contribution in [0.3, 0.4) is 0 Å². The zero-order valence-electron chi connectivity index (χ0n) is 10.6. The Kier molecular flexibility index (Phi) is 3.16. The summed E-state index contributed by atoms with van der Waals surface area (Å²) in [6, 6.07) is 13.8. The van der Waals surface area contributed by atoms with Crippen LogP contribution in [0.15, 0.2) is 48.5 Å². The molecule has 1 fully saturated rings. The van der Waals surface area contributed by atoms with Crippen LogP contribution in [0.5, 0.6) is 0 Å². The Labute approximate surface area is 112 Å². The maximum atomic E-state index is 13.6. The van der Waals surface area contributed by atoms with E-state index >= 15 is 0 Å². The summed E-state index contributed by atoms with van der Waals surface area (Å²) in [5.41, 5.74) is 1.93. The molecule has 0 atom stereocenters. The van der Waals surface area contributed by atoms with Gasteiger partial charge in [-0.15, -0.1) is 0 Å². The third-order valence-electron chi connectivity index (χ3n) is 3.84. The molecule has 0 aliphatic heterocycles. The van der Waals surface area contributed by atoms with E-state index in [9.17, 15) is 9.18 Å². The Morgan fingerprint density at radius 2 is 1.84 bits per heavy atom. The molecule has 1 aliphatic carbocycles. The van der Waals surface area contributed by atoms with Crippen molar-refractivity contribution < 1.29 is 9.18 Å². The summed E-state index contributed by atoms with van der Waals surface area (Å²) in [4.78, 5) is 12.3. The van der Waals surface area contributed by atoms with Gasteiger partial charge >= 0.3 is 0 Å². The van der Waals surface area contributed by atoms with Crippen molar-refractivity contribution in [2.24, 2.45) is 0 Å². The van der Waals surface area contributed by atoms with Gasteiger partial charge in [0.1, 0.15) is 5.82 Å². The smallest absolute Gasteiger partial charge is 0.195 e. The van der Waals surface area contributed by atoms with Crippen molar-refractivity contribution in [3.63, 3.8) is 0 Å². The lowest BCUT2D eigenvalue weighted by atomic mass is 9.79. The minimum atomic E-state index is -0.457. The minimum absolute atomic E-state index is 0.147. The lowest BCUT2D eigenvalue weighted by Crippen LogP contribution is -2.10. The molecule has 2 heteroatoms. The predicted octanol–water partition coefficient (Wildman–Crippen LogP) is 4.32. The van der Waals surface area contributed by atoms with Gasteiger partial charge in [0, 0.05) is 5.56 Å². The third kappa shape index (κ3) is 2.30. The van der Waals surface area contributed by atoms with E-state index in [2.05, 4.69) is 6.07 Å². The molecule has 0 saturated heterocycles. The van der Waals surface area contributed by atoms with Crippen LogP contribution in [-0.4, -0.2) is 5.78 Å². The van der Waals surface area contributed by atoms with Gasteiger partial charge in [-0.1, -0.05) is 36.8 Å². The van der Waals surface area contributed by atoms with Crippen LogP contribution in [0.25, 0.3) is 0 Å². The van der Waals surface area contributed by atoms with Crippen molar-refractivity contribution in [1.82, 2.24) is 0 Å². The fourth-order valence-electron chi connectivity index (χ4n) is 2.48. The van der Waals surface area contributed by atoms with Crippen molar-refractivity contribution in [1.29, 1.82) is 0 Å². The number of carbonyl (C=O) groups excluding carboxylic acids is 1. The molecule has 2 aromatic rings. The first-order chi connectivity index (χ1) is 9.25. The molecule has 0 amide bonds. The predicted molar refractivity (Wildman–Crippen MR) is 72.9 cm³/mol. The molecule has 1 saturated carbocycles. The van der Waals surface area contributed by atoms with E-state index in [1.165, 1.54) is 37.0 Å². The highest BCUT2D eigenvalue weighted by molar-refractivity contribution is 6.09. The number of ketones is 1. The van der Waals surface area contributed by atoms with E-state index in [0.29, 0.717) is 11.5 Å². The van der Waals surface area contributed by atoms with Crippen LogP contribution < -0.4 is 0 Å². The van der Waals surface area contributed by atoms with E-state index in [1.807, 2.05) is 12.1 Å². The molecule has 0 heterocycles. The van der Waals surface area contributed by atoms with Crippen molar-refractivity contribution in [3.8, 4) is 0 Å². The van der Waals surface area contributed by atoms with Crippen LogP contribution in [0.2, 0.25) is 0 Å². The van der Waals surface area contributed by atoms with Gasteiger partial charge in [0.2, 0.25) is 0 Å². The molecule has 2 aromatic carbocycles. The largest absolute Gasteiger partial charge is 0.288 e. The van der Waals surface area contributed by atoms with Gasteiger partial charge in [-0.2, -0.15) is 0 Å².